The molecule has 2 rings (SSSR count). The molecule has 1 nitrogen and oxygen atoms in total. The molecular weight excluding hydrogens is 230 g/mol. The summed E-state index contributed by atoms with van der Waals surface area (Å²) in [4.78, 5) is 0. The van der Waals surface area contributed by atoms with Gasteiger partial charge in [-0.3, -0.25) is 0 Å². The lowest BCUT2D eigenvalue weighted by Crippen LogP contribution is -2.11. The van der Waals surface area contributed by atoms with Gasteiger partial charge in [-0.1, -0.05) is 54.1 Å². The molecule has 0 radical (unpaired) electrons. The molecule has 0 fully saturated rings. The quantitative estimate of drug-likeness (QED) is 0.867. The van der Waals surface area contributed by atoms with Gasteiger partial charge in [0.2, 0.25) is 0 Å². The molecule has 2 N–H and O–H groups in total. The van der Waals surface area contributed by atoms with Crippen molar-refractivity contribution in [1.82, 2.24) is 0 Å². The van der Waals surface area contributed by atoms with Crippen molar-refractivity contribution in [2.24, 2.45) is 5.73 Å². The number of benzene rings is 2. The van der Waals surface area contributed by atoms with Crippen molar-refractivity contribution >= 4 is 11.6 Å². The minimum absolute atomic E-state index is 0.0499. The molecule has 0 aliphatic heterocycles. The maximum atomic E-state index is 6.15. The molecule has 2 aromatic rings. The van der Waals surface area contributed by atoms with E-state index in [-0.39, 0.29) is 6.04 Å². The second-order valence-electron chi connectivity index (χ2n) is 4.19. The Bertz CT molecular complexity index is 467. The molecular formula is C15H16ClN. The molecule has 0 amide bonds. The monoisotopic (exact) mass is 245 g/mol. The molecule has 0 aliphatic rings. The maximum Gasteiger partial charge on any atom is 0.0409 e. The Kier molecular flexibility index (Phi) is 4.18. The molecule has 2 heteroatoms. The predicted molar refractivity (Wildman–Crippen MR) is 73.1 cm³/mol. The Labute approximate surface area is 107 Å². The standard InChI is InChI=1S/C15H16ClN/c16-14-8-4-7-13(11-14)15(17)10-9-12-5-2-1-3-6-12/h1-8,11,15H,9-10,17H2. The van der Waals surface area contributed by atoms with Gasteiger partial charge in [-0.15, -0.1) is 0 Å². The maximum absolute atomic E-state index is 6.15. The predicted octanol–water partition coefficient (Wildman–Crippen LogP) is 3.97. The van der Waals surface area contributed by atoms with E-state index in [1.807, 2.05) is 30.3 Å². The number of aryl methyl sites for hydroxylation is 1. The molecule has 0 spiro atoms. The van der Waals surface area contributed by atoms with Gasteiger partial charge in [0, 0.05) is 11.1 Å². The Morgan fingerprint density at radius 3 is 2.47 bits per heavy atom. The fraction of sp³-hybridized carbons (Fsp3) is 0.200. The van der Waals surface area contributed by atoms with Gasteiger partial charge in [-0.2, -0.15) is 0 Å². The molecule has 1 atom stereocenters. The zero-order valence-electron chi connectivity index (χ0n) is 9.64. The van der Waals surface area contributed by atoms with Crippen molar-refractivity contribution in [3.63, 3.8) is 0 Å². The van der Waals surface area contributed by atoms with Crippen molar-refractivity contribution in [1.29, 1.82) is 0 Å². The van der Waals surface area contributed by atoms with E-state index in [1.54, 1.807) is 0 Å². The Hall–Kier alpha value is -1.31. The van der Waals surface area contributed by atoms with Crippen molar-refractivity contribution in [2.45, 2.75) is 18.9 Å². The first-order valence-corrected chi connectivity index (χ1v) is 6.18. The highest BCUT2D eigenvalue weighted by atomic mass is 35.5. The van der Waals surface area contributed by atoms with Gasteiger partial charge < -0.3 is 5.73 Å². The van der Waals surface area contributed by atoms with Crippen LogP contribution in [-0.4, -0.2) is 0 Å². The summed E-state index contributed by atoms with van der Waals surface area (Å²) in [6.07, 6.45) is 1.93. The summed E-state index contributed by atoms with van der Waals surface area (Å²) < 4.78 is 0. The Morgan fingerprint density at radius 1 is 1.00 bits per heavy atom. The third-order valence-corrected chi connectivity index (χ3v) is 3.10. The SMILES string of the molecule is NC(CCc1ccccc1)c1cccc(Cl)c1. The van der Waals surface area contributed by atoms with E-state index in [1.165, 1.54) is 5.56 Å². The lowest BCUT2D eigenvalue weighted by Gasteiger charge is -2.12. The van der Waals surface area contributed by atoms with Gasteiger partial charge in [0.25, 0.3) is 0 Å². The van der Waals surface area contributed by atoms with Crippen LogP contribution in [-0.2, 0) is 6.42 Å². The van der Waals surface area contributed by atoms with Crippen LogP contribution in [0.3, 0.4) is 0 Å². The van der Waals surface area contributed by atoms with Gasteiger partial charge in [0.15, 0.2) is 0 Å². The second-order valence-corrected chi connectivity index (χ2v) is 4.62. The number of nitrogens with two attached hydrogens (primary N) is 1. The summed E-state index contributed by atoms with van der Waals surface area (Å²) in [5.41, 5.74) is 8.58. The number of hydrogen-bond donors (Lipinski definition) is 1. The molecule has 88 valence electrons. The molecule has 0 bridgehead atoms. The molecule has 17 heavy (non-hydrogen) atoms. The molecule has 0 saturated carbocycles. The first-order valence-electron chi connectivity index (χ1n) is 5.80. The van der Waals surface area contributed by atoms with E-state index in [9.17, 15) is 0 Å². The van der Waals surface area contributed by atoms with Gasteiger partial charge in [0.05, 0.1) is 0 Å². The van der Waals surface area contributed by atoms with Gasteiger partial charge in [-0.25, -0.2) is 0 Å². The highest BCUT2D eigenvalue weighted by molar-refractivity contribution is 6.30. The van der Waals surface area contributed by atoms with E-state index in [0.29, 0.717) is 0 Å². The van der Waals surface area contributed by atoms with Gasteiger partial charge in [-0.05, 0) is 36.1 Å². The van der Waals surface area contributed by atoms with Crippen LogP contribution in [0.4, 0.5) is 0 Å². The Balaban J connectivity index is 1.96. The van der Waals surface area contributed by atoms with Gasteiger partial charge >= 0.3 is 0 Å². The molecule has 0 saturated heterocycles. The highest BCUT2D eigenvalue weighted by Crippen LogP contribution is 2.20. The summed E-state index contributed by atoms with van der Waals surface area (Å²) >= 11 is 5.95. The summed E-state index contributed by atoms with van der Waals surface area (Å²) in [6, 6.07) is 18.2. The summed E-state index contributed by atoms with van der Waals surface area (Å²) in [5, 5.41) is 0.748. The summed E-state index contributed by atoms with van der Waals surface area (Å²) in [5.74, 6) is 0. The van der Waals surface area contributed by atoms with Crippen LogP contribution in [0, 0.1) is 0 Å². The smallest absolute Gasteiger partial charge is 0.0409 e. The molecule has 1 unspecified atom stereocenters. The second kappa shape index (κ2) is 5.85. The van der Waals surface area contributed by atoms with Crippen LogP contribution in [0.2, 0.25) is 5.02 Å². The lowest BCUT2D eigenvalue weighted by molar-refractivity contribution is 0.651. The molecule has 2 aromatic carbocycles. The normalized spacial score (nSPS) is 12.4. The third kappa shape index (κ3) is 3.58. The van der Waals surface area contributed by atoms with Crippen LogP contribution >= 0.6 is 11.6 Å². The highest BCUT2D eigenvalue weighted by Gasteiger charge is 2.06. The van der Waals surface area contributed by atoms with Crippen LogP contribution in [0.5, 0.6) is 0 Å². The van der Waals surface area contributed by atoms with Crippen LogP contribution < -0.4 is 5.73 Å². The average Bonchev–Trinajstić information content (AvgIpc) is 2.37. The van der Waals surface area contributed by atoms with Gasteiger partial charge in [0.1, 0.15) is 0 Å². The fourth-order valence-electron chi connectivity index (χ4n) is 1.87. The fourth-order valence-corrected chi connectivity index (χ4v) is 2.07. The first-order chi connectivity index (χ1) is 8.25. The lowest BCUT2D eigenvalue weighted by atomic mass is 10.00. The zero-order valence-corrected chi connectivity index (χ0v) is 10.4. The number of halogens is 1. The largest absolute Gasteiger partial charge is 0.324 e. The average molecular weight is 246 g/mol. The summed E-state index contributed by atoms with van der Waals surface area (Å²) in [6.45, 7) is 0. The van der Waals surface area contributed by atoms with E-state index in [2.05, 4.69) is 24.3 Å². The van der Waals surface area contributed by atoms with E-state index >= 15 is 0 Å². The van der Waals surface area contributed by atoms with Crippen LogP contribution in [0.15, 0.2) is 54.6 Å². The molecule has 0 aromatic heterocycles. The number of hydrogen-bond acceptors (Lipinski definition) is 1. The van der Waals surface area contributed by atoms with E-state index < -0.39 is 0 Å². The van der Waals surface area contributed by atoms with Crippen molar-refractivity contribution in [3.8, 4) is 0 Å². The van der Waals surface area contributed by atoms with Crippen molar-refractivity contribution < 1.29 is 0 Å². The third-order valence-electron chi connectivity index (χ3n) is 2.86. The van der Waals surface area contributed by atoms with Crippen LogP contribution in [0.25, 0.3) is 0 Å². The van der Waals surface area contributed by atoms with Crippen molar-refractivity contribution in [3.05, 3.63) is 70.7 Å². The van der Waals surface area contributed by atoms with E-state index in [0.717, 1.165) is 23.4 Å². The summed E-state index contributed by atoms with van der Waals surface area (Å²) in [7, 11) is 0. The zero-order chi connectivity index (χ0) is 12.1. The van der Waals surface area contributed by atoms with E-state index in [4.69, 9.17) is 17.3 Å². The minimum Gasteiger partial charge on any atom is -0.324 e. The van der Waals surface area contributed by atoms with Crippen molar-refractivity contribution in [2.75, 3.05) is 0 Å². The first kappa shape index (κ1) is 12.2. The Morgan fingerprint density at radius 2 is 1.76 bits per heavy atom. The minimum atomic E-state index is 0.0499. The van der Waals surface area contributed by atoms with Crippen LogP contribution in [0.1, 0.15) is 23.6 Å². The number of rotatable bonds is 4. The topological polar surface area (TPSA) is 26.0 Å². The molecule has 0 aliphatic carbocycles. The molecule has 0 heterocycles.